The Bertz CT molecular complexity index is 896. The van der Waals surface area contributed by atoms with Gasteiger partial charge in [0, 0.05) is 0 Å². The lowest BCUT2D eigenvalue weighted by Gasteiger charge is -2.16. The van der Waals surface area contributed by atoms with Gasteiger partial charge in [-0.25, -0.2) is 4.79 Å². The first-order chi connectivity index (χ1) is 16.2. The lowest BCUT2D eigenvalue weighted by Crippen LogP contribution is -2.11. The van der Waals surface area contributed by atoms with Crippen LogP contribution in [0, 0.1) is 0 Å². The van der Waals surface area contributed by atoms with Gasteiger partial charge in [-0.15, -0.1) is 13.2 Å². The molecule has 1 atom stereocenters. The molecule has 0 spiro atoms. The summed E-state index contributed by atoms with van der Waals surface area (Å²) in [5.74, 6) is -0.279. The van der Waals surface area contributed by atoms with E-state index in [1.807, 2.05) is 75.4 Å². The third-order valence-electron chi connectivity index (χ3n) is 5.27. The average Bonchev–Trinajstić information content (AvgIpc) is 2.90. The molecule has 0 amide bonds. The standard InChI is InChI=1S/C27H30O2.C2H6.C2H4/c1-3-5-7-10-21-13-15-22(16-14-21)23-17-19-25(20-18-23)27(28)29-26(4-2)24-11-8-6-9-12-24;2*1-2/h6,8-9,11-20,26H,3-5,7,10H2,1-2H3;1-2H3;1-2H2. The molecule has 0 aromatic heterocycles. The molecule has 0 N–H and O–H groups in total. The van der Waals surface area contributed by atoms with Gasteiger partial charge in [-0.05, 0) is 53.6 Å². The maximum absolute atomic E-state index is 12.6. The molecule has 176 valence electrons. The van der Waals surface area contributed by atoms with Crippen molar-refractivity contribution >= 4 is 5.97 Å². The van der Waals surface area contributed by atoms with Gasteiger partial charge < -0.3 is 4.74 Å². The van der Waals surface area contributed by atoms with Crippen molar-refractivity contribution in [2.24, 2.45) is 0 Å². The Balaban J connectivity index is 0.00000129. The van der Waals surface area contributed by atoms with Gasteiger partial charge in [0.2, 0.25) is 0 Å². The zero-order valence-corrected chi connectivity index (χ0v) is 20.8. The first-order valence-corrected chi connectivity index (χ1v) is 12.2. The van der Waals surface area contributed by atoms with Crippen LogP contribution in [0.15, 0.2) is 92.0 Å². The summed E-state index contributed by atoms with van der Waals surface area (Å²) in [6.45, 7) is 14.3. The number of carbonyl (C=O) groups excluding carboxylic acids is 1. The van der Waals surface area contributed by atoms with E-state index in [0.717, 1.165) is 24.0 Å². The minimum atomic E-state index is -0.279. The van der Waals surface area contributed by atoms with Crippen molar-refractivity contribution in [3.63, 3.8) is 0 Å². The molecule has 0 bridgehead atoms. The number of aryl methyl sites for hydroxylation is 1. The molecule has 33 heavy (non-hydrogen) atoms. The summed E-state index contributed by atoms with van der Waals surface area (Å²) in [4.78, 5) is 12.6. The predicted molar refractivity (Wildman–Crippen MR) is 143 cm³/mol. The second kappa shape index (κ2) is 16.5. The first kappa shape index (κ1) is 27.9. The number of carbonyl (C=O) groups is 1. The van der Waals surface area contributed by atoms with Gasteiger partial charge in [-0.1, -0.05) is 107 Å². The number of rotatable bonds is 9. The highest BCUT2D eigenvalue weighted by molar-refractivity contribution is 5.90. The van der Waals surface area contributed by atoms with Crippen molar-refractivity contribution in [1.29, 1.82) is 0 Å². The van der Waals surface area contributed by atoms with Crippen LogP contribution in [0.4, 0.5) is 0 Å². The van der Waals surface area contributed by atoms with Gasteiger partial charge in [0.05, 0.1) is 5.56 Å². The molecule has 3 rings (SSSR count). The Morgan fingerprint density at radius 3 is 1.85 bits per heavy atom. The molecule has 2 nitrogen and oxygen atoms in total. The third-order valence-corrected chi connectivity index (χ3v) is 5.27. The summed E-state index contributed by atoms with van der Waals surface area (Å²) < 4.78 is 5.74. The fraction of sp³-hybridized carbons (Fsp3) is 0.323. The number of hydrogen-bond donors (Lipinski definition) is 0. The Morgan fingerprint density at radius 2 is 1.33 bits per heavy atom. The molecule has 2 heteroatoms. The van der Waals surface area contributed by atoms with E-state index in [1.54, 1.807) is 0 Å². The molecular weight excluding hydrogens is 404 g/mol. The normalized spacial score (nSPS) is 10.7. The summed E-state index contributed by atoms with van der Waals surface area (Å²) in [7, 11) is 0. The van der Waals surface area contributed by atoms with Gasteiger partial charge in [0.1, 0.15) is 6.10 Å². The molecule has 1 unspecified atom stereocenters. The number of unbranched alkanes of at least 4 members (excludes halogenated alkanes) is 2. The van der Waals surface area contributed by atoms with Crippen LogP contribution < -0.4 is 0 Å². The topological polar surface area (TPSA) is 26.3 Å². The van der Waals surface area contributed by atoms with Gasteiger partial charge >= 0.3 is 5.97 Å². The highest BCUT2D eigenvalue weighted by Gasteiger charge is 2.16. The lowest BCUT2D eigenvalue weighted by atomic mass is 10.0. The highest BCUT2D eigenvalue weighted by atomic mass is 16.5. The number of esters is 1. The number of hydrogen-bond acceptors (Lipinski definition) is 2. The Kier molecular flexibility index (Phi) is 13.9. The molecule has 0 heterocycles. The van der Waals surface area contributed by atoms with Crippen molar-refractivity contribution < 1.29 is 9.53 Å². The minimum Gasteiger partial charge on any atom is -0.454 e. The summed E-state index contributed by atoms with van der Waals surface area (Å²) in [5.41, 5.74) is 5.27. The average molecular weight is 445 g/mol. The van der Waals surface area contributed by atoms with E-state index in [0.29, 0.717) is 5.56 Å². The quantitative estimate of drug-likeness (QED) is 0.187. The zero-order valence-electron chi connectivity index (χ0n) is 20.8. The Hall–Kier alpha value is -3.13. The second-order valence-electron chi connectivity index (χ2n) is 7.44. The van der Waals surface area contributed by atoms with E-state index in [1.165, 1.54) is 30.4 Å². The molecular formula is C31H40O2. The second-order valence-corrected chi connectivity index (χ2v) is 7.44. The molecule has 0 aliphatic rings. The summed E-state index contributed by atoms with van der Waals surface area (Å²) in [6.07, 6.45) is 5.44. The monoisotopic (exact) mass is 444 g/mol. The molecule has 0 aliphatic carbocycles. The van der Waals surface area contributed by atoms with Crippen LogP contribution in [0.2, 0.25) is 0 Å². The molecule has 0 saturated carbocycles. The highest BCUT2D eigenvalue weighted by Crippen LogP contribution is 2.24. The van der Waals surface area contributed by atoms with Crippen LogP contribution >= 0.6 is 0 Å². The van der Waals surface area contributed by atoms with Crippen LogP contribution in [0.1, 0.15) is 81.0 Å². The molecule has 0 saturated heterocycles. The fourth-order valence-electron chi connectivity index (χ4n) is 3.49. The van der Waals surface area contributed by atoms with Crippen LogP contribution in [-0.2, 0) is 11.2 Å². The van der Waals surface area contributed by atoms with Gasteiger partial charge in [-0.2, -0.15) is 0 Å². The third kappa shape index (κ3) is 9.10. The van der Waals surface area contributed by atoms with Crippen LogP contribution in [0.25, 0.3) is 11.1 Å². The zero-order chi connectivity index (χ0) is 24.5. The van der Waals surface area contributed by atoms with Crippen molar-refractivity contribution in [3.05, 3.63) is 109 Å². The molecule has 3 aromatic carbocycles. The Labute approximate surface area is 201 Å². The first-order valence-electron chi connectivity index (χ1n) is 12.2. The molecule has 3 aromatic rings. The van der Waals surface area contributed by atoms with E-state index >= 15 is 0 Å². The summed E-state index contributed by atoms with van der Waals surface area (Å²) in [5, 5.41) is 0. The van der Waals surface area contributed by atoms with Crippen molar-refractivity contribution in [1.82, 2.24) is 0 Å². The van der Waals surface area contributed by atoms with Crippen LogP contribution in [0.5, 0.6) is 0 Å². The number of ether oxygens (including phenoxy) is 1. The number of benzene rings is 3. The van der Waals surface area contributed by atoms with Crippen molar-refractivity contribution in [2.75, 3.05) is 0 Å². The summed E-state index contributed by atoms with van der Waals surface area (Å²) in [6, 6.07) is 26.3. The summed E-state index contributed by atoms with van der Waals surface area (Å²) >= 11 is 0. The van der Waals surface area contributed by atoms with E-state index in [2.05, 4.69) is 44.3 Å². The van der Waals surface area contributed by atoms with Gasteiger partial charge in [0.15, 0.2) is 0 Å². The van der Waals surface area contributed by atoms with E-state index < -0.39 is 0 Å². The Morgan fingerprint density at radius 1 is 0.788 bits per heavy atom. The minimum absolute atomic E-state index is 0.219. The van der Waals surface area contributed by atoms with Crippen LogP contribution in [0.3, 0.4) is 0 Å². The van der Waals surface area contributed by atoms with E-state index in [-0.39, 0.29) is 12.1 Å². The molecule has 0 radical (unpaired) electrons. The van der Waals surface area contributed by atoms with Gasteiger partial charge in [0.25, 0.3) is 0 Å². The van der Waals surface area contributed by atoms with Crippen LogP contribution in [-0.4, -0.2) is 5.97 Å². The largest absolute Gasteiger partial charge is 0.454 e. The SMILES string of the molecule is C=C.CC.CCCCCc1ccc(-c2ccc(C(=O)OC(CC)c3ccccc3)cc2)cc1. The van der Waals surface area contributed by atoms with Crippen molar-refractivity contribution in [3.8, 4) is 11.1 Å². The fourth-order valence-corrected chi connectivity index (χ4v) is 3.49. The van der Waals surface area contributed by atoms with Crippen molar-refractivity contribution in [2.45, 2.75) is 65.9 Å². The molecule has 0 aliphatic heterocycles. The van der Waals surface area contributed by atoms with Gasteiger partial charge in [-0.3, -0.25) is 0 Å². The molecule has 0 fully saturated rings. The maximum atomic E-state index is 12.6. The smallest absolute Gasteiger partial charge is 0.338 e. The maximum Gasteiger partial charge on any atom is 0.338 e. The lowest BCUT2D eigenvalue weighted by molar-refractivity contribution is 0.0288. The predicted octanol–water partition coefficient (Wildman–Crippen LogP) is 9.22. The van der Waals surface area contributed by atoms with E-state index in [4.69, 9.17) is 4.74 Å². The van der Waals surface area contributed by atoms with E-state index in [9.17, 15) is 4.79 Å².